The first-order valence-corrected chi connectivity index (χ1v) is 9.57. The SMILES string of the molecule is COc1ccc(S(=O)(=O)Oc2cc(C)c(Cl)cc2C(C)C)cc1C(N)=O. The number of hydrogen-bond donors (Lipinski definition) is 1. The van der Waals surface area contributed by atoms with Crippen LogP contribution in [0.4, 0.5) is 0 Å². The largest absolute Gasteiger partial charge is 0.496 e. The fraction of sp³-hybridized carbons (Fsp3) is 0.278. The summed E-state index contributed by atoms with van der Waals surface area (Å²) in [6.07, 6.45) is 0. The van der Waals surface area contributed by atoms with Crippen LogP contribution in [0.3, 0.4) is 0 Å². The number of aryl methyl sites for hydroxylation is 1. The number of ether oxygens (including phenoxy) is 1. The van der Waals surface area contributed by atoms with Crippen molar-refractivity contribution in [3.63, 3.8) is 0 Å². The van der Waals surface area contributed by atoms with E-state index < -0.39 is 16.0 Å². The summed E-state index contributed by atoms with van der Waals surface area (Å²) in [5.41, 5.74) is 6.59. The van der Waals surface area contributed by atoms with E-state index in [0.29, 0.717) is 16.1 Å². The van der Waals surface area contributed by atoms with Crippen LogP contribution >= 0.6 is 11.6 Å². The number of halogens is 1. The van der Waals surface area contributed by atoms with E-state index in [-0.39, 0.29) is 27.9 Å². The molecule has 0 bridgehead atoms. The minimum atomic E-state index is -4.19. The summed E-state index contributed by atoms with van der Waals surface area (Å²) in [4.78, 5) is 11.3. The van der Waals surface area contributed by atoms with Crippen molar-refractivity contribution < 1.29 is 22.1 Å². The molecule has 2 rings (SSSR count). The van der Waals surface area contributed by atoms with Crippen LogP contribution in [-0.2, 0) is 10.1 Å². The smallest absolute Gasteiger partial charge is 0.339 e. The van der Waals surface area contributed by atoms with Crippen LogP contribution < -0.4 is 14.7 Å². The summed E-state index contributed by atoms with van der Waals surface area (Å²) in [6.45, 7) is 5.56. The molecule has 0 atom stereocenters. The van der Waals surface area contributed by atoms with Crippen molar-refractivity contribution in [2.75, 3.05) is 7.11 Å². The summed E-state index contributed by atoms with van der Waals surface area (Å²) in [6, 6.07) is 7.04. The molecule has 8 heteroatoms. The average molecular weight is 398 g/mol. The Morgan fingerprint density at radius 1 is 1.15 bits per heavy atom. The van der Waals surface area contributed by atoms with E-state index in [9.17, 15) is 13.2 Å². The zero-order chi connectivity index (χ0) is 19.6. The maximum atomic E-state index is 12.7. The van der Waals surface area contributed by atoms with Crippen molar-refractivity contribution in [3.05, 3.63) is 52.0 Å². The van der Waals surface area contributed by atoms with Gasteiger partial charge in [0.25, 0.3) is 5.91 Å². The summed E-state index contributed by atoms with van der Waals surface area (Å²) in [7, 11) is -2.83. The number of carbonyl (C=O) groups is 1. The van der Waals surface area contributed by atoms with Crippen LogP contribution in [-0.4, -0.2) is 21.4 Å². The number of benzene rings is 2. The molecule has 6 nitrogen and oxygen atoms in total. The molecule has 0 aliphatic carbocycles. The molecule has 0 fully saturated rings. The maximum Gasteiger partial charge on any atom is 0.339 e. The minimum absolute atomic E-state index is 0.00431. The van der Waals surface area contributed by atoms with Gasteiger partial charge in [0.1, 0.15) is 16.4 Å². The van der Waals surface area contributed by atoms with Gasteiger partial charge >= 0.3 is 10.1 Å². The van der Waals surface area contributed by atoms with E-state index >= 15 is 0 Å². The Kier molecular flexibility index (Phi) is 5.83. The number of carbonyl (C=O) groups excluding carboxylic acids is 1. The van der Waals surface area contributed by atoms with Crippen molar-refractivity contribution in [2.45, 2.75) is 31.6 Å². The molecule has 0 radical (unpaired) electrons. The van der Waals surface area contributed by atoms with Crippen molar-refractivity contribution in [1.29, 1.82) is 0 Å². The molecule has 140 valence electrons. The van der Waals surface area contributed by atoms with Gasteiger partial charge in [0, 0.05) is 5.02 Å². The third-order valence-corrected chi connectivity index (χ3v) is 5.48. The second-order valence-electron chi connectivity index (χ2n) is 6.06. The van der Waals surface area contributed by atoms with Crippen molar-refractivity contribution >= 4 is 27.6 Å². The Labute approximate surface area is 158 Å². The molecule has 2 N–H and O–H groups in total. The summed E-state index contributed by atoms with van der Waals surface area (Å²) >= 11 is 6.14. The Morgan fingerprint density at radius 3 is 2.35 bits per heavy atom. The third kappa shape index (κ3) is 4.11. The first-order chi connectivity index (χ1) is 12.1. The number of hydrogen-bond acceptors (Lipinski definition) is 5. The van der Waals surface area contributed by atoms with E-state index in [1.54, 1.807) is 19.1 Å². The number of amides is 1. The standard InChI is InChI=1S/C18H20ClNO5S/c1-10(2)13-9-15(19)11(3)7-17(13)25-26(22,23)12-5-6-16(24-4)14(8-12)18(20)21/h5-10H,1-4H3,(H2,20,21). The zero-order valence-corrected chi connectivity index (χ0v) is 16.4. The monoisotopic (exact) mass is 397 g/mol. The highest BCUT2D eigenvalue weighted by Gasteiger charge is 2.23. The quantitative estimate of drug-likeness (QED) is 0.750. The predicted octanol–water partition coefficient (Wildman–Crippen LogP) is 3.65. The van der Waals surface area contributed by atoms with Gasteiger partial charge in [-0.15, -0.1) is 0 Å². The second kappa shape index (κ2) is 7.55. The molecule has 0 saturated carbocycles. The first-order valence-electron chi connectivity index (χ1n) is 7.79. The molecule has 2 aromatic rings. The fourth-order valence-electron chi connectivity index (χ4n) is 2.40. The summed E-state index contributed by atoms with van der Waals surface area (Å²) in [5.74, 6) is -0.431. The van der Waals surface area contributed by atoms with Gasteiger partial charge in [-0.05, 0) is 54.3 Å². The van der Waals surface area contributed by atoms with Crippen LogP contribution in [0.2, 0.25) is 5.02 Å². The molecule has 0 unspecified atom stereocenters. The van der Waals surface area contributed by atoms with Crippen molar-refractivity contribution in [1.82, 2.24) is 0 Å². The lowest BCUT2D eigenvalue weighted by atomic mass is 10.0. The zero-order valence-electron chi connectivity index (χ0n) is 14.9. The van der Waals surface area contributed by atoms with Crippen LogP contribution in [0.1, 0.15) is 41.3 Å². The molecule has 0 aliphatic rings. The van der Waals surface area contributed by atoms with E-state index in [2.05, 4.69) is 0 Å². The Bertz CT molecular complexity index is 954. The van der Waals surface area contributed by atoms with Gasteiger partial charge in [-0.25, -0.2) is 0 Å². The minimum Gasteiger partial charge on any atom is -0.496 e. The molecule has 0 spiro atoms. The van der Waals surface area contributed by atoms with Gasteiger partial charge in [-0.1, -0.05) is 25.4 Å². The lowest BCUT2D eigenvalue weighted by molar-refractivity contribution is 0.0997. The number of methoxy groups -OCH3 is 1. The van der Waals surface area contributed by atoms with Crippen LogP contribution in [0.15, 0.2) is 35.2 Å². The maximum absolute atomic E-state index is 12.7. The molecule has 26 heavy (non-hydrogen) atoms. The summed E-state index contributed by atoms with van der Waals surface area (Å²) in [5, 5.41) is 0.527. The molecule has 0 aromatic heterocycles. The van der Waals surface area contributed by atoms with Gasteiger partial charge in [-0.2, -0.15) is 8.42 Å². The number of rotatable bonds is 6. The van der Waals surface area contributed by atoms with Gasteiger partial charge in [0.05, 0.1) is 12.7 Å². The van der Waals surface area contributed by atoms with Gasteiger partial charge in [-0.3, -0.25) is 4.79 Å². The first kappa shape index (κ1) is 20.1. The van der Waals surface area contributed by atoms with Crippen molar-refractivity contribution in [3.8, 4) is 11.5 Å². The summed E-state index contributed by atoms with van der Waals surface area (Å²) < 4.78 is 35.8. The molecule has 0 heterocycles. The van der Waals surface area contributed by atoms with Crippen LogP contribution in [0.5, 0.6) is 11.5 Å². The van der Waals surface area contributed by atoms with Gasteiger partial charge in [0.15, 0.2) is 0 Å². The van der Waals surface area contributed by atoms with E-state index in [1.807, 2.05) is 13.8 Å². The highest BCUT2D eigenvalue weighted by atomic mass is 35.5. The predicted molar refractivity (Wildman–Crippen MR) is 99.6 cm³/mol. The molecule has 1 amide bonds. The number of nitrogens with two attached hydrogens (primary N) is 1. The molecule has 0 aliphatic heterocycles. The average Bonchev–Trinajstić information content (AvgIpc) is 2.56. The number of primary amides is 1. The highest BCUT2D eigenvalue weighted by Crippen LogP contribution is 2.34. The van der Waals surface area contributed by atoms with Crippen molar-refractivity contribution in [2.24, 2.45) is 5.73 Å². The lowest BCUT2D eigenvalue weighted by Gasteiger charge is -2.16. The highest BCUT2D eigenvalue weighted by molar-refractivity contribution is 7.87. The van der Waals surface area contributed by atoms with E-state index in [1.165, 1.54) is 19.2 Å². The molecule has 2 aromatic carbocycles. The van der Waals surface area contributed by atoms with Gasteiger partial charge in [0.2, 0.25) is 0 Å². The topological polar surface area (TPSA) is 95.7 Å². The lowest BCUT2D eigenvalue weighted by Crippen LogP contribution is -2.16. The van der Waals surface area contributed by atoms with Crippen LogP contribution in [0, 0.1) is 6.92 Å². The van der Waals surface area contributed by atoms with Crippen LogP contribution in [0.25, 0.3) is 0 Å². The molecular formula is C18H20ClNO5S. The Hall–Kier alpha value is -2.25. The van der Waals surface area contributed by atoms with E-state index in [0.717, 1.165) is 6.07 Å². The second-order valence-corrected chi connectivity index (χ2v) is 8.01. The molecular weight excluding hydrogens is 378 g/mol. The Balaban J connectivity index is 2.52. The normalized spacial score (nSPS) is 11.5. The van der Waals surface area contributed by atoms with E-state index in [4.69, 9.17) is 26.3 Å². The Morgan fingerprint density at radius 2 is 1.81 bits per heavy atom. The van der Waals surface area contributed by atoms with Gasteiger partial charge < -0.3 is 14.7 Å². The fourth-order valence-corrected chi connectivity index (χ4v) is 3.54. The molecule has 0 saturated heterocycles. The third-order valence-electron chi connectivity index (χ3n) is 3.84.